The molecule has 0 bridgehead atoms. The van der Waals surface area contributed by atoms with E-state index in [-0.39, 0.29) is 0 Å². The third kappa shape index (κ3) is 4.17. The first-order chi connectivity index (χ1) is 13.2. The smallest absolute Gasteiger partial charge is 0.216 e. The van der Waals surface area contributed by atoms with Crippen LogP contribution < -0.4 is 14.2 Å². The van der Waals surface area contributed by atoms with Crippen molar-refractivity contribution in [1.82, 2.24) is 14.9 Å². The van der Waals surface area contributed by atoms with Gasteiger partial charge in [-0.2, -0.15) is 14.9 Å². The summed E-state index contributed by atoms with van der Waals surface area (Å²) in [6, 6.07) is 13.1. The molecule has 7 nitrogen and oxygen atoms in total. The summed E-state index contributed by atoms with van der Waals surface area (Å²) in [5.41, 5.74) is 1.68. The van der Waals surface area contributed by atoms with Gasteiger partial charge < -0.3 is 14.2 Å². The molecule has 0 saturated heterocycles. The fraction of sp³-hybridized carbons (Fsp3) is 0.211. The van der Waals surface area contributed by atoms with Crippen molar-refractivity contribution >= 4 is 18.4 Å². The lowest BCUT2D eigenvalue weighted by molar-refractivity contribution is 0.311. The van der Waals surface area contributed by atoms with Crippen LogP contribution in [-0.4, -0.2) is 41.9 Å². The number of aromatic amines is 1. The molecule has 0 aliphatic heterocycles. The Morgan fingerprint density at radius 2 is 2.00 bits per heavy atom. The van der Waals surface area contributed by atoms with Crippen LogP contribution in [0.25, 0.3) is 11.4 Å². The third-order valence-electron chi connectivity index (χ3n) is 3.79. The van der Waals surface area contributed by atoms with Crippen molar-refractivity contribution in [2.75, 3.05) is 20.8 Å². The molecule has 0 atom stereocenters. The number of hydrogen-bond donors (Lipinski definition) is 1. The molecule has 0 fully saturated rings. The van der Waals surface area contributed by atoms with E-state index in [1.54, 1.807) is 25.1 Å². The lowest BCUT2D eigenvalue weighted by Gasteiger charge is -2.09. The van der Waals surface area contributed by atoms with E-state index in [9.17, 15) is 0 Å². The van der Waals surface area contributed by atoms with Gasteiger partial charge in [0.15, 0.2) is 17.3 Å². The Labute approximate surface area is 162 Å². The molecule has 0 amide bonds. The van der Waals surface area contributed by atoms with Crippen LogP contribution >= 0.6 is 12.2 Å². The fourth-order valence-corrected chi connectivity index (χ4v) is 2.69. The van der Waals surface area contributed by atoms with Gasteiger partial charge in [-0.15, -0.1) is 0 Å². The van der Waals surface area contributed by atoms with Crippen LogP contribution in [0.5, 0.6) is 17.2 Å². The van der Waals surface area contributed by atoms with Gasteiger partial charge >= 0.3 is 0 Å². The van der Waals surface area contributed by atoms with Gasteiger partial charge in [0, 0.05) is 5.56 Å². The van der Waals surface area contributed by atoms with E-state index >= 15 is 0 Å². The van der Waals surface area contributed by atoms with Crippen molar-refractivity contribution in [3.63, 3.8) is 0 Å². The van der Waals surface area contributed by atoms with Gasteiger partial charge in [0.05, 0.1) is 27.0 Å². The van der Waals surface area contributed by atoms with Crippen LogP contribution in [0.1, 0.15) is 12.5 Å². The van der Waals surface area contributed by atoms with Crippen molar-refractivity contribution in [2.45, 2.75) is 6.92 Å². The highest BCUT2D eigenvalue weighted by Crippen LogP contribution is 2.27. The third-order valence-corrected chi connectivity index (χ3v) is 4.05. The average Bonchev–Trinajstić information content (AvgIpc) is 3.07. The molecule has 0 aliphatic carbocycles. The summed E-state index contributed by atoms with van der Waals surface area (Å²) < 4.78 is 18.1. The number of ether oxygens (including phenoxy) is 3. The lowest BCUT2D eigenvalue weighted by Crippen LogP contribution is -1.98. The van der Waals surface area contributed by atoms with Gasteiger partial charge in [0.1, 0.15) is 5.75 Å². The summed E-state index contributed by atoms with van der Waals surface area (Å²) in [4.78, 5) is 0. The quantitative estimate of drug-likeness (QED) is 0.494. The zero-order valence-electron chi connectivity index (χ0n) is 15.3. The average molecular weight is 384 g/mol. The van der Waals surface area contributed by atoms with Crippen molar-refractivity contribution in [3.05, 3.63) is 52.8 Å². The lowest BCUT2D eigenvalue weighted by atomic mass is 10.2. The maximum Gasteiger partial charge on any atom is 0.216 e. The zero-order chi connectivity index (χ0) is 19.2. The molecule has 0 radical (unpaired) electrons. The van der Waals surface area contributed by atoms with Crippen LogP contribution in [0.2, 0.25) is 0 Å². The largest absolute Gasteiger partial charge is 0.497 e. The van der Waals surface area contributed by atoms with Gasteiger partial charge in [-0.1, -0.05) is 12.1 Å². The van der Waals surface area contributed by atoms with Gasteiger partial charge in [0.2, 0.25) is 4.77 Å². The summed E-state index contributed by atoms with van der Waals surface area (Å²) in [6.45, 7) is 2.49. The molecule has 1 N–H and O–H groups in total. The standard InChI is InChI=1S/C19H20N4O3S/c1-4-26-16-9-8-13(10-17(16)25-3)12-20-23-18(21-22-19(23)27)14-6-5-7-15(11-14)24-2/h5-12H,4H2,1-3H3,(H,22,27). The first-order valence-corrected chi connectivity index (χ1v) is 8.74. The minimum Gasteiger partial charge on any atom is -0.497 e. The second-order valence-electron chi connectivity index (χ2n) is 5.48. The summed E-state index contributed by atoms with van der Waals surface area (Å²) in [5, 5.41) is 11.5. The Hall–Kier alpha value is -3.13. The molecule has 3 rings (SSSR count). The summed E-state index contributed by atoms with van der Waals surface area (Å²) in [5.74, 6) is 2.65. The maximum absolute atomic E-state index is 5.53. The molecule has 27 heavy (non-hydrogen) atoms. The molecular weight excluding hydrogens is 364 g/mol. The number of aromatic nitrogens is 3. The number of hydrogen-bond acceptors (Lipinski definition) is 6. The number of H-pyrrole nitrogens is 1. The zero-order valence-corrected chi connectivity index (χ0v) is 16.1. The minimum absolute atomic E-state index is 0.391. The maximum atomic E-state index is 5.53. The van der Waals surface area contributed by atoms with Crippen LogP contribution in [-0.2, 0) is 0 Å². The Morgan fingerprint density at radius 3 is 2.74 bits per heavy atom. The number of rotatable bonds is 7. The summed E-state index contributed by atoms with van der Waals surface area (Å²) in [6.07, 6.45) is 1.69. The normalized spacial score (nSPS) is 10.9. The van der Waals surface area contributed by atoms with E-state index in [1.807, 2.05) is 49.4 Å². The van der Waals surface area contributed by atoms with Crippen LogP contribution in [0.15, 0.2) is 47.6 Å². The Balaban J connectivity index is 1.94. The molecule has 0 saturated carbocycles. The van der Waals surface area contributed by atoms with Gasteiger partial charge in [-0.25, -0.2) is 5.10 Å². The first kappa shape index (κ1) is 18.7. The van der Waals surface area contributed by atoms with Crippen molar-refractivity contribution in [1.29, 1.82) is 0 Å². The molecule has 1 heterocycles. The molecule has 0 unspecified atom stereocenters. The number of nitrogens with zero attached hydrogens (tertiary/aromatic N) is 3. The van der Waals surface area contributed by atoms with E-state index < -0.39 is 0 Å². The monoisotopic (exact) mass is 384 g/mol. The van der Waals surface area contributed by atoms with Gasteiger partial charge in [0.25, 0.3) is 0 Å². The first-order valence-electron chi connectivity index (χ1n) is 8.33. The molecule has 3 aromatic rings. The summed E-state index contributed by atoms with van der Waals surface area (Å²) >= 11 is 5.31. The van der Waals surface area contributed by atoms with E-state index in [1.165, 1.54) is 0 Å². The Morgan fingerprint density at radius 1 is 1.15 bits per heavy atom. The van der Waals surface area contributed by atoms with Crippen molar-refractivity contribution in [2.24, 2.45) is 5.10 Å². The van der Waals surface area contributed by atoms with E-state index in [2.05, 4.69) is 15.3 Å². The Kier molecular flexibility index (Phi) is 5.87. The molecule has 2 aromatic carbocycles. The second kappa shape index (κ2) is 8.50. The van der Waals surface area contributed by atoms with Crippen LogP contribution in [0.3, 0.4) is 0 Å². The van der Waals surface area contributed by atoms with Gasteiger partial charge in [-0.3, -0.25) is 0 Å². The predicted octanol–water partition coefficient (Wildman–Crippen LogP) is 3.91. The topological polar surface area (TPSA) is 73.7 Å². The highest BCUT2D eigenvalue weighted by atomic mass is 32.1. The van der Waals surface area contributed by atoms with E-state index in [4.69, 9.17) is 26.4 Å². The Bertz CT molecular complexity index is 1010. The molecule has 140 valence electrons. The second-order valence-corrected chi connectivity index (χ2v) is 5.87. The molecule has 0 aliphatic rings. The highest BCUT2D eigenvalue weighted by Gasteiger charge is 2.09. The van der Waals surface area contributed by atoms with Crippen LogP contribution in [0.4, 0.5) is 0 Å². The number of nitrogens with one attached hydrogen (secondary N) is 1. The fourth-order valence-electron chi connectivity index (χ4n) is 2.51. The molecular formula is C19H20N4O3S. The predicted molar refractivity (Wildman–Crippen MR) is 107 cm³/mol. The van der Waals surface area contributed by atoms with Gasteiger partial charge in [-0.05, 0) is 55.0 Å². The number of methoxy groups -OCH3 is 2. The van der Waals surface area contributed by atoms with Crippen molar-refractivity contribution in [3.8, 4) is 28.6 Å². The van der Waals surface area contributed by atoms with Crippen molar-refractivity contribution < 1.29 is 14.2 Å². The van der Waals surface area contributed by atoms with Crippen LogP contribution in [0, 0.1) is 4.77 Å². The molecule has 8 heteroatoms. The molecule has 1 aromatic heterocycles. The molecule has 0 spiro atoms. The van der Waals surface area contributed by atoms with E-state index in [0.29, 0.717) is 28.7 Å². The SMILES string of the molecule is CCOc1ccc(C=Nn2c(-c3cccc(OC)c3)n[nH]c2=S)cc1OC. The number of benzene rings is 2. The summed E-state index contributed by atoms with van der Waals surface area (Å²) in [7, 11) is 3.22. The van der Waals surface area contributed by atoms with E-state index in [0.717, 1.165) is 16.9 Å². The minimum atomic E-state index is 0.391. The highest BCUT2D eigenvalue weighted by molar-refractivity contribution is 7.71.